The van der Waals surface area contributed by atoms with E-state index in [1.807, 2.05) is 0 Å². The van der Waals surface area contributed by atoms with Gasteiger partial charge in [0.1, 0.15) is 11.5 Å². The molecule has 5 heteroatoms. The van der Waals surface area contributed by atoms with Gasteiger partial charge in [-0.25, -0.2) is 15.0 Å². The molecule has 2 rings (SSSR count). The normalized spacial score (nSPS) is 16.8. The Hall–Kier alpha value is -1.65. The zero-order valence-corrected chi connectivity index (χ0v) is 7.97. The summed E-state index contributed by atoms with van der Waals surface area (Å²) in [5, 5.41) is 0. The van der Waals surface area contributed by atoms with Gasteiger partial charge in [-0.1, -0.05) is 0 Å². The zero-order valence-electron chi connectivity index (χ0n) is 7.97. The number of nitrogens with zero attached hydrogens (tertiary/aromatic N) is 3. The van der Waals surface area contributed by atoms with Crippen molar-refractivity contribution in [2.24, 2.45) is 16.6 Å². The highest BCUT2D eigenvalue weighted by Crippen LogP contribution is 2.29. The molecule has 0 radical (unpaired) electrons. The Balaban J connectivity index is 2.12. The first-order valence-electron chi connectivity index (χ1n) is 4.49. The summed E-state index contributed by atoms with van der Waals surface area (Å²) in [5.74, 6) is 1.15. The van der Waals surface area contributed by atoms with Crippen molar-refractivity contribution < 1.29 is 4.74 Å². The molecule has 1 heterocycles. The van der Waals surface area contributed by atoms with Crippen LogP contribution in [0.4, 0.5) is 5.69 Å². The molecule has 0 bridgehead atoms. The summed E-state index contributed by atoms with van der Waals surface area (Å²) in [6.07, 6.45) is 5.49. The molecule has 1 aliphatic rings. The van der Waals surface area contributed by atoms with E-state index in [1.54, 1.807) is 12.4 Å². The van der Waals surface area contributed by atoms with Crippen LogP contribution in [-0.2, 0) is 0 Å². The maximum absolute atomic E-state index is 5.74. The van der Waals surface area contributed by atoms with Crippen molar-refractivity contribution in [2.45, 2.75) is 12.8 Å². The number of hydrogen-bond acceptors (Lipinski definition) is 4. The molecule has 0 atom stereocenters. The van der Waals surface area contributed by atoms with Crippen LogP contribution in [0, 0.1) is 5.92 Å². The molecule has 14 heavy (non-hydrogen) atoms. The maximum atomic E-state index is 5.74. The molecule has 1 aromatic rings. The van der Waals surface area contributed by atoms with E-state index in [9.17, 15) is 0 Å². The lowest BCUT2D eigenvalue weighted by molar-refractivity contribution is 0.380. The van der Waals surface area contributed by atoms with Crippen LogP contribution in [0.2, 0.25) is 0 Å². The van der Waals surface area contributed by atoms with Crippen molar-refractivity contribution in [3.8, 4) is 6.01 Å². The van der Waals surface area contributed by atoms with Crippen LogP contribution in [0.1, 0.15) is 12.8 Å². The van der Waals surface area contributed by atoms with Gasteiger partial charge in [0.2, 0.25) is 0 Å². The smallest absolute Gasteiger partial charge is 0.316 e. The highest BCUT2D eigenvalue weighted by molar-refractivity contribution is 5.87. The minimum Gasteiger partial charge on any atom is -0.467 e. The highest BCUT2D eigenvalue weighted by atomic mass is 16.5. The van der Waals surface area contributed by atoms with Crippen LogP contribution in [0.15, 0.2) is 17.4 Å². The summed E-state index contributed by atoms with van der Waals surface area (Å²) < 4.78 is 4.83. The molecular weight excluding hydrogens is 180 g/mol. The molecule has 0 aliphatic heterocycles. The third kappa shape index (κ3) is 1.99. The second-order valence-corrected chi connectivity index (χ2v) is 3.24. The molecule has 0 saturated heterocycles. The maximum Gasteiger partial charge on any atom is 0.316 e. The van der Waals surface area contributed by atoms with Gasteiger partial charge in [-0.15, -0.1) is 0 Å². The molecule has 1 aliphatic carbocycles. The van der Waals surface area contributed by atoms with E-state index in [0.717, 1.165) is 12.8 Å². The van der Waals surface area contributed by atoms with Crippen LogP contribution in [0.3, 0.4) is 0 Å². The fourth-order valence-electron chi connectivity index (χ4n) is 1.09. The van der Waals surface area contributed by atoms with Gasteiger partial charge in [0.25, 0.3) is 0 Å². The lowest BCUT2D eigenvalue weighted by Crippen LogP contribution is -2.13. The number of aliphatic imine (C=N–C) groups is 1. The average molecular weight is 192 g/mol. The summed E-state index contributed by atoms with van der Waals surface area (Å²) in [7, 11) is 1.52. The number of hydrogen-bond donors (Lipinski definition) is 1. The Morgan fingerprint density at radius 2 is 2.14 bits per heavy atom. The van der Waals surface area contributed by atoms with Gasteiger partial charge >= 0.3 is 6.01 Å². The van der Waals surface area contributed by atoms with Crippen LogP contribution in [0.25, 0.3) is 0 Å². The Kier molecular flexibility index (Phi) is 2.30. The Morgan fingerprint density at radius 1 is 1.50 bits per heavy atom. The van der Waals surface area contributed by atoms with E-state index in [1.165, 1.54) is 7.11 Å². The van der Waals surface area contributed by atoms with Crippen LogP contribution >= 0.6 is 0 Å². The summed E-state index contributed by atoms with van der Waals surface area (Å²) in [5.41, 5.74) is 6.42. The second kappa shape index (κ2) is 3.61. The minimum absolute atomic E-state index is 0.342. The lowest BCUT2D eigenvalue weighted by Gasteiger charge is -1.98. The van der Waals surface area contributed by atoms with E-state index in [-0.39, 0.29) is 0 Å². The molecule has 0 aromatic carbocycles. The van der Waals surface area contributed by atoms with E-state index in [2.05, 4.69) is 15.0 Å². The molecule has 1 saturated carbocycles. The number of nitrogens with two attached hydrogens (primary N) is 1. The van der Waals surface area contributed by atoms with E-state index in [0.29, 0.717) is 23.5 Å². The largest absolute Gasteiger partial charge is 0.467 e. The third-order valence-electron chi connectivity index (χ3n) is 2.05. The molecule has 0 amide bonds. The monoisotopic (exact) mass is 192 g/mol. The number of methoxy groups -OCH3 is 1. The topological polar surface area (TPSA) is 73.4 Å². The van der Waals surface area contributed by atoms with E-state index >= 15 is 0 Å². The van der Waals surface area contributed by atoms with Crippen LogP contribution in [0.5, 0.6) is 6.01 Å². The van der Waals surface area contributed by atoms with Gasteiger partial charge in [0.05, 0.1) is 19.5 Å². The van der Waals surface area contributed by atoms with Crippen LogP contribution in [-0.4, -0.2) is 22.9 Å². The molecule has 2 N–H and O–H groups in total. The predicted molar refractivity (Wildman–Crippen MR) is 52.6 cm³/mol. The quantitative estimate of drug-likeness (QED) is 0.570. The van der Waals surface area contributed by atoms with Gasteiger partial charge in [-0.05, 0) is 12.8 Å². The fraction of sp³-hybridized carbons (Fsp3) is 0.444. The highest BCUT2D eigenvalue weighted by Gasteiger charge is 2.25. The summed E-state index contributed by atoms with van der Waals surface area (Å²) >= 11 is 0. The molecule has 1 fully saturated rings. The Bertz CT molecular complexity index is 342. The molecular formula is C9H12N4O. The van der Waals surface area contributed by atoms with Gasteiger partial charge in [-0.2, -0.15) is 0 Å². The molecule has 74 valence electrons. The van der Waals surface area contributed by atoms with Crippen molar-refractivity contribution in [3.05, 3.63) is 12.4 Å². The first-order chi connectivity index (χ1) is 6.79. The van der Waals surface area contributed by atoms with Gasteiger partial charge in [0, 0.05) is 5.92 Å². The summed E-state index contributed by atoms with van der Waals surface area (Å²) in [6.45, 7) is 0. The van der Waals surface area contributed by atoms with Gasteiger partial charge < -0.3 is 10.5 Å². The standard InChI is InChI=1S/C9H12N4O/c1-14-9-11-4-7(5-12-9)13-8(10)6-2-3-6/h4-6H,2-3H2,1H3,(H2,10,13). The van der Waals surface area contributed by atoms with Crippen molar-refractivity contribution in [1.29, 1.82) is 0 Å². The van der Waals surface area contributed by atoms with E-state index < -0.39 is 0 Å². The predicted octanol–water partition coefficient (Wildman–Crippen LogP) is 0.884. The minimum atomic E-state index is 0.342. The molecule has 1 aromatic heterocycles. The zero-order chi connectivity index (χ0) is 9.97. The van der Waals surface area contributed by atoms with Crippen molar-refractivity contribution in [3.63, 3.8) is 0 Å². The molecule has 5 nitrogen and oxygen atoms in total. The first kappa shape index (κ1) is 8.93. The van der Waals surface area contributed by atoms with E-state index in [4.69, 9.17) is 10.5 Å². The average Bonchev–Trinajstić information content (AvgIpc) is 3.02. The van der Waals surface area contributed by atoms with Crippen LogP contribution < -0.4 is 10.5 Å². The number of aromatic nitrogens is 2. The Labute approximate surface area is 82.0 Å². The van der Waals surface area contributed by atoms with Crippen molar-refractivity contribution >= 4 is 11.5 Å². The second-order valence-electron chi connectivity index (χ2n) is 3.24. The summed E-state index contributed by atoms with van der Waals surface area (Å²) in [6, 6.07) is 0.342. The lowest BCUT2D eigenvalue weighted by atomic mass is 10.4. The number of amidine groups is 1. The summed E-state index contributed by atoms with van der Waals surface area (Å²) in [4.78, 5) is 12.1. The molecule has 0 spiro atoms. The SMILES string of the molecule is COc1ncc(N=C(N)C2CC2)cn1. The fourth-order valence-corrected chi connectivity index (χ4v) is 1.09. The van der Waals surface area contributed by atoms with Gasteiger partial charge in [0.15, 0.2) is 0 Å². The van der Waals surface area contributed by atoms with Gasteiger partial charge in [-0.3, -0.25) is 0 Å². The first-order valence-corrected chi connectivity index (χ1v) is 4.49. The molecule has 0 unspecified atom stereocenters. The Morgan fingerprint density at radius 3 is 2.64 bits per heavy atom. The van der Waals surface area contributed by atoms with Crippen molar-refractivity contribution in [2.75, 3.05) is 7.11 Å². The third-order valence-corrected chi connectivity index (χ3v) is 2.05. The number of ether oxygens (including phenoxy) is 1. The van der Waals surface area contributed by atoms with Crippen molar-refractivity contribution in [1.82, 2.24) is 9.97 Å². The number of rotatable bonds is 3.